The highest BCUT2D eigenvalue weighted by Gasteiger charge is 2.31. The van der Waals surface area contributed by atoms with Crippen LogP contribution >= 0.6 is 0 Å². The van der Waals surface area contributed by atoms with E-state index < -0.39 is 0 Å². The number of fused-ring (bicyclic) bond motifs is 1. The average Bonchev–Trinajstić information content (AvgIpc) is 3.38. The highest BCUT2D eigenvalue weighted by molar-refractivity contribution is 6.06. The molecule has 3 aromatic rings. The van der Waals surface area contributed by atoms with E-state index in [0.29, 0.717) is 29.0 Å². The van der Waals surface area contributed by atoms with Crippen molar-refractivity contribution < 1.29 is 19.1 Å². The highest BCUT2D eigenvalue weighted by atomic mass is 16.5. The van der Waals surface area contributed by atoms with Crippen molar-refractivity contribution in [2.24, 2.45) is 0 Å². The van der Waals surface area contributed by atoms with Crippen molar-refractivity contribution in [1.29, 1.82) is 0 Å². The van der Waals surface area contributed by atoms with Crippen LogP contribution < -0.4 is 0 Å². The van der Waals surface area contributed by atoms with Gasteiger partial charge in [0.05, 0.1) is 19.0 Å². The summed E-state index contributed by atoms with van der Waals surface area (Å²) in [4.78, 5) is 47.2. The van der Waals surface area contributed by atoms with Crippen LogP contribution in [0, 0.1) is 6.92 Å². The second kappa shape index (κ2) is 8.86. The van der Waals surface area contributed by atoms with Crippen LogP contribution in [0.3, 0.4) is 0 Å². The number of Topliss-reactive ketones (excluding diaryl/α,β-unsaturated/α-hetero) is 1. The molecule has 1 fully saturated rings. The lowest BCUT2D eigenvalue weighted by atomic mass is 10.0. The van der Waals surface area contributed by atoms with Gasteiger partial charge in [0, 0.05) is 42.9 Å². The van der Waals surface area contributed by atoms with E-state index in [2.05, 4.69) is 15.1 Å². The van der Waals surface area contributed by atoms with Gasteiger partial charge in [-0.2, -0.15) is 5.10 Å². The molecule has 4 rings (SSSR count). The molecule has 166 valence electrons. The minimum absolute atomic E-state index is 0.00551. The Morgan fingerprint density at radius 1 is 1.16 bits per heavy atom. The van der Waals surface area contributed by atoms with Gasteiger partial charge in [0.2, 0.25) is 5.91 Å². The standard InChI is InChI=1S/C23H25N5O4/c1-14(29)23-19-9-16(17-11-24-15(2)25-12-17)6-7-20(19)28(26-23)13-21(30)27-8-4-5-18(27)10-22(31)32-3/h6-7,9,11-12,18H,4-5,8,10,13H2,1-3H3/t18-/m1/s1. The second-order valence-corrected chi connectivity index (χ2v) is 7.98. The molecule has 9 nitrogen and oxygen atoms in total. The molecule has 32 heavy (non-hydrogen) atoms. The van der Waals surface area contributed by atoms with E-state index in [1.165, 1.54) is 14.0 Å². The Labute approximate surface area is 185 Å². The first-order chi connectivity index (χ1) is 15.4. The summed E-state index contributed by atoms with van der Waals surface area (Å²) in [5.74, 6) is 0.0406. The van der Waals surface area contributed by atoms with Crippen molar-refractivity contribution in [3.8, 4) is 11.1 Å². The molecule has 0 spiro atoms. The average molecular weight is 435 g/mol. The van der Waals surface area contributed by atoms with Gasteiger partial charge in [-0.05, 0) is 37.5 Å². The van der Waals surface area contributed by atoms with Crippen molar-refractivity contribution >= 4 is 28.6 Å². The van der Waals surface area contributed by atoms with Crippen LogP contribution in [0.1, 0.15) is 42.5 Å². The zero-order valence-electron chi connectivity index (χ0n) is 18.4. The molecule has 1 amide bonds. The number of rotatable bonds is 6. The molecular formula is C23H25N5O4. The third kappa shape index (κ3) is 4.23. The van der Waals surface area contributed by atoms with Crippen molar-refractivity contribution in [2.75, 3.05) is 13.7 Å². The maximum Gasteiger partial charge on any atom is 0.307 e. The highest BCUT2D eigenvalue weighted by Crippen LogP contribution is 2.27. The molecule has 1 saturated heterocycles. The fourth-order valence-corrected chi connectivity index (χ4v) is 4.15. The molecule has 1 aromatic carbocycles. The molecule has 1 aliphatic heterocycles. The number of ether oxygens (including phenoxy) is 1. The third-order valence-electron chi connectivity index (χ3n) is 5.81. The summed E-state index contributed by atoms with van der Waals surface area (Å²) >= 11 is 0. The summed E-state index contributed by atoms with van der Waals surface area (Å²) in [6.45, 7) is 3.87. The first-order valence-electron chi connectivity index (χ1n) is 10.5. The fourth-order valence-electron chi connectivity index (χ4n) is 4.15. The minimum Gasteiger partial charge on any atom is -0.469 e. The van der Waals surface area contributed by atoms with Gasteiger partial charge >= 0.3 is 5.97 Å². The fraction of sp³-hybridized carbons (Fsp3) is 0.391. The van der Waals surface area contributed by atoms with Crippen LogP contribution in [0.25, 0.3) is 22.0 Å². The number of aromatic nitrogens is 4. The van der Waals surface area contributed by atoms with Gasteiger partial charge in [0.1, 0.15) is 18.1 Å². The van der Waals surface area contributed by atoms with Gasteiger partial charge in [0.25, 0.3) is 0 Å². The molecule has 0 aliphatic carbocycles. The number of ketones is 1. The molecule has 0 N–H and O–H groups in total. The molecule has 1 aliphatic rings. The van der Waals surface area contributed by atoms with E-state index >= 15 is 0 Å². The number of nitrogens with zero attached hydrogens (tertiary/aromatic N) is 5. The Morgan fingerprint density at radius 2 is 1.91 bits per heavy atom. The lowest BCUT2D eigenvalue weighted by molar-refractivity contribution is -0.143. The first kappa shape index (κ1) is 21.6. The van der Waals surface area contributed by atoms with Crippen LogP contribution in [-0.2, 0) is 20.9 Å². The normalized spacial score (nSPS) is 15.8. The maximum absolute atomic E-state index is 13.0. The number of esters is 1. The van der Waals surface area contributed by atoms with E-state index in [1.807, 2.05) is 25.1 Å². The first-order valence-corrected chi connectivity index (χ1v) is 10.5. The number of carbonyl (C=O) groups excluding carboxylic acids is 3. The summed E-state index contributed by atoms with van der Waals surface area (Å²) in [6, 6.07) is 5.47. The topological polar surface area (TPSA) is 107 Å². The van der Waals surface area contributed by atoms with Crippen LogP contribution in [0.4, 0.5) is 0 Å². The summed E-state index contributed by atoms with van der Waals surface area (Å²) in [5.41, 5.74) is 2.71. The van der Waals surface area contributed by atoms with Crippen LogP contribution in [-0.4, -0.2) is 62.0 Å². The molecule has 9 heteroatoms. The minimum atomic E-state index is -0.328. The van der Waals surface area contributed by atoms with Gasteiger partial charge in [-0.15, -0.1) is 0 Å². The van der Waals surface area contributed by atoms with E-state index in [9.17, 15) is 14.4 Å². The lowest BCUT2D eigenvalue weighted by Gasteiger charge is -2.24. The van der Waals surface area contributed by atoms with Gasteiger partial charge < -0.3 is 9.64 Å². The lowest BCUT2D eigenvalue weighted by Crippen LogP contribution is -2.39. The van der Waals surface area contributed by atoms with Crippen molar-refractivity contribution in [1.82, 2.24) is 24.6 Å². The number of carbonyl (C=O) groups is 3. The van der Waals surface area contributed by atoms with Crippen LogP contribution in [0.15, 0.2) is 30.6 Å². The van der Waals surface area contributed by atoms with E-state index in [0.717, 1.165) is 24.0 Å². The SMILES string of the molecule is COC(=O)C[C@H]1CCCN1C(=O)Cn1nc(C(C)=O)c2cc(-c3cnc(C)nc3)ccc21. The zero-order valence-corrected chi connectivity index (χ0v) is 18.4. The smallest absolute Gasteiger partial charge is 0.307 e. The molecule has 3 heterocycles. The zero-order chi connectivity index (χ0) is 22.8. The van der Waals surface area contributed by atoms with Crippen LogP contribution in [0.2, 0.25) is 0 Å². The summed E-state index contributed by atoms with van der Waals surface area (Å²) in [7, 11) is 1.35. The van der Waals surface area contributed by atoms with E-state index in [-0.39, 0.29) is 36.7 Å². The molecule has 0 radical (unpaired) electrons. The Hall–Kier alpha value is -3.62. The molecular weight excluding hydrogens is 410 g/mol. The Morgan fingerprint density at radius 3 is 2.59 bits per heavy atom. The molecule has 0 saturated carbocycles. The van der Waals surface area contributed by atoms with Crippen LogP contribution in [0.5, 0.6) is 0 Å². The Bertz CT molecular complexity index is 1190. The predicted molar refractivity (Wildman–Crippen MR) is 117 cm³/mol. The number of methoxy groups -OCH3 is 1. The largest absolute Gasteiger partial charge is 0.469 e. The number of benzene rings is 1. The molecule has 1 atom stereocenters. The van der Waals surface area contributed by atoms with E-state index in [4.69, 9.17) is 4.74 Å². The maximum atomic E-state index is 13.0. The van der Waals surface area contributed by atoms with Gasteiger partial charge in [0.15, 0.2) is 5.78 Å². The number of likely N-dealkylation sites (tertiary alicyclic amines) is 1. The quantitative estimate of drug-likeness (QED) is 0.432. The summed E-state index contributed by atoms with van der Waals surface area (Å²) < 4.78 is 6.33. The molecule has 0 unspecified atom stereocenters. The van der Waals surface area contributed by atoms with Crippen molar-refractivity contribution in [3.05, 3.63) is 42.1 Å². The van der Waals surface area contributed by atoms with Gasteiger partial charge in [-0.1, -0.05) is 6.07 Å². The van der Waals surface area contributed by atoms with Crippen molar-refractivity contribution in [3.63, 3.8) is 0 Å². The monoisotopic (exact) mass is 435 g/mol. The number of amides is 1. The predicted octanol–water partition coefficient (Wildman–Crippen LogP) is 2.56. The number of aryl methyl sites for hydroxylation is 1. The Balaban J connectivity index is 1.64. The van der Waals surface area contributed by atoms with Gasteiger partial charge in [-0.25, -0.2) is 9.97 Å². The van der Waals surface area contributed by atoms with Crippen molar-refractivity contribution in [2.45, 2.75) is 45.7 Å². The third-order valence-corrected chi connectivity index (χ3v) is 5.81. The van der Waals surface area contributed by atoms with Gasteiger partial charge in [-0.3, -0.25) is 19.1 Å². The number of hydrogen-bond donors (Lipinski definition) is 0. The molecule has 2 aromatic heterocycles. The Kier molecular flexibility index (Phi) is 5.98. The summed E-state index contributed by atoms with van der Waals surface area (Å²) in [5, 5.41) is 5.12. The van der Waals surface area contributed by atoms with E-state index in [1.54, 1.807) is 22.0 Å². The molecule has 0 bridgehead atoms. The number of hydrogen-bond acceptors (Lipinski definition) is 7. The summed E-state index contributed by atoms with van der Waals surface area (Å²) in [6.07, 6.45) is 5.26. The second-order valence-electron chi connectivity index (χ2n) is 7.98.